The molecule has 3 rings (SSSR count). The number of oxime groups is 1. The molecule has 1 N–H and O–H groups in total. The first-order valence-corrected chi connectivity index (χ1v) is 8.97. The number of nitrogens with zero attached hydrogens (tertiary/aromatic N) is 2. The molecule has 0 spiro atoms. The van der Waals surface area contributed by atoms with E-state index < -0.39 is 23.8 Å². The average molecular weight is 410 g/mol. The fourth-order valence-electron chi connectivity index (χ4n) is 3.14. The van der Waals surface area contributed by atoms with Gasteiger partial charge in [-0.1, -0.05) is 17.3 Å². The van der Waals surface area contributed by atoms with Gasteiger partial charge in [-0.3, -0.25) is 19.3 Å². The predicted molar refractivity (Wildman–Crippen MR) is 104 cm³/mol. The van der Waals surface area contributed by atoms with Crippen LogP contribution in [0.2, 0.25) is 0 Å². The number of ether oxygens (including phenoxy) is 2. The number of benzene rings is 2. The van der Waals surface area contributed by atoms with Crippen molar-refractivity contribution in [1.29, 1.82) is 0 Å². The maximum absolute atomic E-state index is 12.7. The van der Waals surface area contributed by atoms with E-state index in [0.717, 1.165) is 4.90 Å². The van der Waals surface area contributed by atoms with Gasteiger partial charge in [0.05, 0.1) is 24.8 Å². The highest BCUT2D eigenvalue weighted by molar-refractivity contribution is 6.36. The highest BCUT2D eigenvalue weighted by atomic mass is 16.5. The number of fused-ring (bicyclic) bond motifs is 1. The molecule has 0 aromatic heterocycles. The van der Waals surface area contributed by atoms with Gasteiger partial charge in [-0.05, 0) is 36.4 Å². The van der Waals surface area contributed by atoms with Crippen LogP contribution in [-0.2, 0) is 14.3 Å². The van der Waals surface area contributed by atoms with E-state index in [9.17, 15) is 19.2 Å². The van der Waals surface area contributed by atoms with Crippen molar-refractivity contribution in [2.24, 2.45) is 5.16 Å². The lowest BCUT2D eigenvalue weighted by atomic mass is 10.1. The smallest absolute Gasteiger partial charge is 0.329 e. The maximum Gasteiger partial charge on any atom is 0.329 e. The van der Waals surface area contributed by atoms with Gasteiger partial charge >= 0.3 is 5.97 Å². The molecule has 1 unspecified atom stereocenters. The Kier molecular flexibility index (Phi) is 6.21. The molecule has 1 heterocycles. The SMILES string of the molecule is COC(=O)C(CCOc1ccc(/C(C=O)=N\O)cc1)N1C(=O)c2ccccc2C1=O. The molecule has 1 aliphatic rings. The van der Waals surface area contributed by atoms with E-state index in [-0.39, 0.29) is 29.9 Å². The first-order chi connectivity index (χ1) is 14.5. The van der Waals surface area contributed by atoms with Crippen molar-refractivity contribution < 1.29 is 33.9 Å². The van der Waals surface area contributed by atoms with Gasteiger partial charge < -0.3 is 14.7 Å². The van der Waals surface area contributed by atoms with Crippen LogP contribution in [-0.4, -0.2) is 59.6 Å². The van der Waals surface area contributed by atoms with Crippen molar-refractivity contribution >= 4 is 29.8 Å². The van der Waals surface area contributed by atoms with Crippen molar-refractivity contribution in [3.8, 4) is 5.75 Å². The summed E-state index contributed by atoms with van der Waals surface area (Å²) in [5.41, 5.74) is 0.755. The number of carbonyl (C=O) groups excluding carboxylic acids is 4. The van der Waals surface area contributed by atoms with Crippen LogP contribution >= 0.6 is 0 Å². The summed E-state index contributed by atoms with van der Waals surface area (Å²) in [7, 11) is 1.18. The Balaban J connectivity index is 1.70. The minimum Gasteiger partial charge on any atom is -0.494 e. The zero-order valence-electron chi connectivity index (χ0n) is 16.0. The maximum atomic E-state index is 12.7. The van der Waals surface area contributed by atoms with Crippen LogP contribution in [0.5, 0.6) is 5.75 Å². The average Bonchev–Trinajstić information content (AvgIpc) is 3.03. The van der Waals surface area contributed by atoms with E-state index in [0.29, 0.717) is 17.6 Å². The van der Waals surface area contributed by atoms with Crippen LogP contribution in [0.3, 0.4) is 0 Å². The number of methoxy groups -OCH3 is 1. The van der Waals surface area contributed by atoms with Gasteiger partial charge in [-0.2, -0.15) is 0 Å². The minimum absolute atomic E-state index is 0.0150. The van der Waals surface area contributed by atoms with Gasteiger partial charge in [-0.15, -0.1) is 0 Å². The van der Waals surface area contributed by atoms with Crippen LogP contribution in [0.1, 0.15) is 32.7 Å². The Labute approximate surface area is 171 Å². The molecule has 9 nitrogen and oxygen atoms in total. The number of hydrogen-bond donors (Lipinski definition) is 1. The molecular weight excluding hydrogens is 392 g/mol. The van der Waals surface area contributed by atoms with E-state index in [2.05, 4.69) is 5.16 Å². The van der Waals surface area contributed by atoms with Gasteiger partial charge in [0, 0.05) is 12.0 Å². The van der Waals surface area contributed by atoms with E-state index in [1.54, 1.807) is 24.3 Å². The lowest BCUT2D eigenvalue weighted by Gasteiger charge is -2.24. The topological polar surface area (TPSA) is 123 Å². The second-order valence-corrected chi connectivity index (χ2v) is 6.33. The third-order valence-corrected chi connectivity index (χ3v) is 4.64. The van der Waals surface area contributed by atoms with Gasteiger partial charge in [-0.25, -0.2) is 4.79 Å². The molecule has 0 saturated heterocycles. The summed E-state index contributed by atoms with van der Waals surface area (Å²) in [6.07, 6.45) is 0.441. The molecule has 0 bridgehead atoms. The molecule has 0 aliphatic carbocycles. The lowest BCUT2D eigenvalue weighted by Crippen LogP contribution is -2.46. The van der Waals surface area contributed by atoms with Gasteiger partial charge in [0.2, 0.25) is 0 Å². The fourth-order valence-corrected chi connectivity index (χ4v) is 3.14. The van der Waals surface area contributed by atoms with Gasteiger partial charge in [0.15, 0.2) is 6.29 Å². The van der Waals surface area contributed by atoms with Gasteiger partial charge in [0.25, 0.3) is 11.8 Å². The van der Waals surface area contributed by atoms with Crippen molar-refractivity contribution in [3.63, 3.8) is 0 Å². The number of esters is 1. The van der Waals surface area contributed by atoms with Crippen LogP contribution in [0.4, 0.5) is 0 Å². The Morgan fingerprint density at radius 1 is 1.10 bits per heavy atom. The second-order valence-electron chi connectivity index (χ2n) is 6.33. The summed E-state index contributed by atoms with van der Waals surface area (Å²) in [6, 6.07) is 11.4. The zero-order valence-corrected chi connectivity index (χ0v) is 16.0. The summed E-state index contributed by atoms with van der Waals surface area (Å²) in [5.74, 6) is -1.41. The third-order valence-electron chi connectivity index (χ3n) is 4.64. The molecule has 2 aromatic rings. The number of carbonyl (C=O) groups is 4. The first kappa shape index (κ1) is 20.7. The van der Waals surface area contributed by atoms with Crippen molar-refractivity contribution in [2.75, 3.05) is 13.7 Å². The molecule has 0 radical (unpaired) electrons. The van der Waals surface area contributed by atoms with Crippen LogP contribution in [0.15, 0.2) is 53.7 Å². The van der Waals surface area contributed by atoms with Gasteiger partial charge in [0.1, 0.15) is 17.5 Å². The summed E-state index contributed by atoms with van der Waals surface area (Å²) < 4.78 is 10.4. The Morgan fingerprint density at radius 3 is 2.20 bits per heavy atom. The van der Waals surface area contributed by atoms with E-state index in [1.165, 1.54) is 31.4 Å². The fraction of sp³-hybridized carbons (Fsp3) is 0.190. The number of rotatable bonds is 8. The summed E-state index contributed by atoms with van der Waals surface area (Å²) >= 11 is 0. The molecule has 2 amide bonds. The van der Waals surface area contributed by atoms with E-state index in [1.807, 2.05) is 0 Å². The van der Waals surface area contributed by atoms with E-state index in [4.69, 9.17) is 14.7 Å². The quantitative estimate of drug-likeness (QED) is 0.175. The monoisotopic (exact) mass is 410 g/mol. The third kappa shape index (κ3) is 3.90. The summed E-state index contributed by atoms with van der Waals surface area (Å²) in [4.78, 5) is 49.3. The van der Waals surface area contributed by atoms with Crippen molar-refractivity contribution in [1.82, 2.24) is 4.90 Å². The normalized spacial score (nSPS) is 14.3. The minimum atomic E-state index is -1.13. The largest absolute Gasteiger partial charge is 0.494 e. The molecule has 30 heavy (non-hydrogen) atoms. The highest BCUT2D eigenvalue weighted by Crippen LogP contribution is 2.26. The number of imide groups is 1. The number of aldehydes is 1. The molecule has 1 aliphatic heterocycles. The predicted octanol–water partition coefficient (Wildman–Crippen LogP) is 1.67. The molecule has 154 valence electrons. The Morgan fingerprint density at radius 2 is 1.70 bits per heavy atom. The highest BCUT2D eigenvalue weighted by Gasteiger charge is 2.43. The standard InChI is InChI=1S/C21H18N2O7/c1-29-21(27)18(23-19(25)15-4-2-3-5-16(15)20(23)26)10-11-30-14-8-6-13(7-9-14)17(12-24)22-28/h2-9,12,18,28H,10-11H2,1H3/b22-17-. The molecule has 9 heteroatoms. The molecule has 2 aromatic carbocycles. The zero-order chi connectivity index (χ0) is 21.7. The summed E-state index contributed by atoms with van der Waals surface area (Å²) in [5, 5.41) is 11.6. The van der Waals surface area contributed by atoms with E-state index >= 15 is 0 Å². The lowest BCUT2D eigenvalue weighted by molar-refractivity contribution is -0.145. The van der Waals surface area contributed by atoms with Crippen molar-refractivity contribution in [3.05, 3.63) is 65.2 Å². The Hall–Kier alpha value is -4.01. The first-order valence-electron chi connectivity index (χ1n) is 8.97. The number of amides is 2. The van der Waals surface area contributed by atoms with Crippen LogP contribution in [0, 0.1) is 0 Å². The number of hydrogen-bond acceptors (Lipinski definition) is 8. The molecular formula is C21H18N2O7. The molecule has 0 fully saturated rings. The molecule has 1 atom stereocenters. The van der Waals surface area contributed by atoms with Crippen LogP contribution < -0.4 is 4.74 Å². The second kappa shape index (κ2) is 8.99. The Bertz CT molecular complexity index is 979. The van der Waals surface area contributed by atoms with Crippen LogP contribution in [0.25, 0.3) is 0 Å². The summed E-state index contributed by atoms with van der Waals surface area (Å²) in [6.45, 7) is 0.0150. The van der Waals surface area contributed by atoms with Crippen molar-refractivity contribution in [2.45, 2.75) is 12.5 Å². The molecule has 0 saturated carbocycles.